The van der Waals surface area contributed by atoms with E-state index in [1.54, 1.807) is 24.1 Å². The first-order valence-corrected chi connectivity index (χ1v) is 6.89. The van der Waals surface area contributed by atoms with Crippen molar-refractivity contribution >= 4 is 11.8 Å². The predicted molar refractivity (Wildman–Crippen MR) is 81.3 cm³/mol. The van der Waals surface area contributed by atoms with E-state index in [2.05, 4.69) is 15.7 Å². The number of rotatable bonds is 7. The molecule has 6 nitrogen and oxygen atoms in total. The van der Waals surface area contributed by atoms with Crippen LogP contribution in [0.3, 0.4) is 0 Å². The molecular weight excluding hydrogens is 268 g/mol. The molecule has 1 heterocycles. The molecule has 2 aromatic rings. The fraction of sp³-hybridized carbons (Fsp3) is 0.333. The summed E-state index contributed by atoms with van der Waals surface area (Å²) in [7, 11) is 1.64. The van der Waals surface area contributed by atoms with Crippen molar-refractivity contribution in [3.8, 4) is 0 Å². The molecule has 0 atom stereocenters. The Bertz CT molecular complexity index is 554. The number of aromatic nitrogens is 2. The summed E-state index contributed by atoms with van der Waals surface area (Å²) >= 11 is 0. The zero-order valence-corrected chi connectivity index (χ0v) is 12.1. The topological polar surface area (TPSA) is 68.2 Å². The van der Waals surface area contributed by atoms with Gasteiger partial charge in [0.25, 0.3) is 0 Å². The van der Waals surface area contributed by atoms with Gasteiger partial charge in [-0.15, -0.1) is 0 Å². The summed E-state index contributed by atoms with van der Waals surface area (Å²) in [6, 6.07) is 11.5. The molecule has 0 aliphatic rings. The summed E-state index contributed by atoms with van der Waals surface area (Å²) in [6.45, 7) is 1.83. The molecule has 0 radical (unpaired) electrons. The number of amides is 2. The number of carbonyl (C=O) groups is 1. The van der Waals surface area contributed by atoms with Crippen molar-refractivity contribution in [3.05, 3.63) is 48.2 Å². The van der Waals surface area contributed by atoms with Crippen molar-refractivity contribution in [2.24, 2.45) is 0 Å². The van der Waals surface area contributed by atoms with Crippen molar-refractivity contribution in [2.75, 3.05) is 25.6 Å². The highest BCUT2D eigenvalue weighted by molar-refractivity contribution is 5.88. The number of nitrogens with zero attached hydrogens (tertiary/aromatic N) is 2. The first-order valence-electron chi connectivity index (χ1n) is 6.89. The Morgan fingerprint density at radius 3 is 2.86 bits per heavy atom. The highest BCUT2D eigenvalue weighted by Gasteiger charge is 2.04. The minimum Gasteiger partial charge on any atom is -0.383 e. The number of hydrogen-bond acceptors (Lipinski definition) is 3. The second-order valence-electron chi connectivity index (χ2n) is 4.57. The van der Waals surface area contributed by atoms with E-state index in [1.807, 2.05) is 30.3 Å². The molecule has 0 aliphatic heterocycles. The van der Waals surface area contributed by atoms with Crippen molar-refractivity contribution < 1.29 is 9.53 Å². The molecule has 1 aromatic carbocycles. The van der Waals surface area contributed by atoms with Crippen LogP contribution >= 0.6 is 0 Å². The van der Waals surface area contributed by atoms with E-state index in [0.29, 0.717) is 25.5 Å². The number of ether oxygens (including phenoxy) is 1. The fourth-order valence-corrected chi connectivity index (χ4v) is 1.86. The van der Waals surface area contributed by atoms with Crippen LogP contribution in [0.1, 0.15) is 5.56 Å². The second-order valence-corrected chi connectivity index (χ2v) is 4.57. The zero-order valence-electron chi connectivity index (χ0n) is 12.1. The molecule has 2 N–H and O–H groups in total. The lowest BCUT2D eigenvalue weighted by molar-refractivity contribution is 0.183. The van der Waals surface area contributed by atoms with E-state index >= 15 is 0 Å². The van der Waals surface area contributed by atoms with Crippen molar-refractivity contribution in [3.63, 3.8) is 0 Å². The van der Waals surface area contributed by atoms with Crippen LogP contribution in [-0.2, 0) is 17.7 Å². The SMILES string of the molecule is COCCn1ccc(NC(=O)NCCc2ccccc2)n1. The van der Waals surface area contributed by atoms with Gasteiger partial charge >= 0.3 is 6.03 Å². The Hall–Kier alpha value is -2.34. The van der Waals surface area contributed by atoms with Gasteiger partial charge in [-0.2, -0.15) is 5.10 Å². The molecule has 2 amide bonds. The number of hydrogen-bond donors (Lipinski definition) is 2. The number of methoxy groups -OCH3 is 1. The highest BCUT2D eigenvalue weighted by Crippen LogP contribution is 2.02. The van der Waals surface area contributed by atoms with E-state index in [1.165, 1.54) is 5.56 Å². The smallest absolute Gasteiger partial charge is 0.320 e. The molecule has 0 fully saturated rings. The number of carbonyl (C=O) groups excluding carboxylic acids is 1. The van der Waals surface area contributed by atoms with E-state index in [-0.39, 0.29) is 6.03 Å². The van der Waals surface area contributed by atoms with Gasteiger partial charge in [0, 0.05) is 25.9 Å². The molecule has 0 unspecified atom stereocenters. The number of nitrogens with one attached hydrogen (secondary N) is 2. The lowest BCUT2D eigenvalue weighted by Crippen LogP contribution is -2.30. The molecule has 0 bridgehead atoms. The normalized spacial score (nSPS) is 10.3. The van der Waals surface area contributed by atoms with Crippen LogP contribution in [0.15, 0.2) is 42.6 Å². The average molecular weight is 288 g/mol. The predicted octanol–water partition coefficient (Wildman–Crippen LogP) is 1.89. The second kappa shape index (κ2) is 8.06. The molecule has 112 valence electrons. The van der Waals surface area contributed by atoms with Gasteiger partial charge in [-0.05, 0) is 12.0 Å². The van der Waals surface area contributed by atoms with E-state index < -0.39 is 0 Å². The monoisotopic (exact) mass is 288 g/mol. The third-order valence-corrected chi connectivity index (χ3v) is 2.95. The summed E-state index contributed by atoms with van der Waals surface area (Å²) in [5.41, 5.74) is 1.20. The highest BCUT2D eigenvalue weighted by atomic mass is 16.5. The van der Waals surface area contributed by atoms with Gasteiger partial charge in [0.05, 0.1) is 13.2 Å². The van der Waals surface area contributed by atoms with Crippen molar-refractivity contribution in [1.29, 1.82) is 0 Å². The molecule has 2 rings (SSSR count). The van der Waals surface area contributed by atoms with Gasteiger partial charge in [0.15, 0.2) is 5.82 Å². The minimum absolute atomic E-state index is 0.247. The van der Waals surface area contributed by atoms with Gasteiger partial charge in [-0.25, -0.2) is 4.79 Å². The maximum atomic E-state index is 11.7. The lowest BCUT2D eigenvalue weighted by atomic mass is 10.1. The van der Waals surface area contributed by atoms with Crippen LogP contribution in [0, 0.1) is 0 Å². The van der Waals surface area contributed by atoms with Gasteiger partial charge in [-0.1, -0.05) is 30.3 Å². The Kier molecular flexibility index (Phi) is 5.78. The zero-order chi connectivity index (χ0) is 14.9. The number of benzene rings is 1. The molecule has 21 heavy (non-hydrogen) atoms. The third kappa shape index (κ3) is 5.27. The van der Waals surface area contributed by atoms with Gasteiger partial charge in [0.1, 0.15) is 0 Å². The maximum Gasteiger partial charge on any atom is 0.320 e. The number of urea groups is 1. The lowest BCUT2D eigenvalue weighted by Gasteiger charge is -2.05. The summed E-state index contributed by atoms with van der Waals surface area (Å²) in [5, 5.41) is 9.73. The van der Waals surface area contributed by atoms with Crippen LogP contribution in [-0.4, -0.2) is 36.1 Å². The molecule has 0 spiro atoms. The Morgan fingerprint density at radius 2 is 2.10 bits per heavy atom. The Labute approximate surface area is 124 Å². The van der Waals surface area contributed by atoms with E-state index in [9.17, 15) is 4.79 Å². The minimum atomic E-state index is -0.247. The largest absolute Gasteiger partial charge is 0.383 e. The summed E-state index contributed by atoms with van der Waals surface area (Å²) in [5.74, 6) is 0.531. The first-order chi connectivity index (χ1) is 10.3. The fourth-order valence-electron chi connectivity index (χ4n) is 1.86. The van der Waals surface area contributed by atoms with Crippen LogP contribution in [0.2, 0.25) is 0 Å². The van der Waals surface area contributed by atoms with Crippen LogP contribution in [0.4, 0.5) is 10.6 Å². The number of anilines is 1. The van der Waals surface area contributed by atoms with Crippen LogP contribution in [0.25, 0.3) is 0 Å². The molecule has 6 heteroatoms. The van der Waals surface area contributed by atoms with Gasteiger partial charge in [-0.3, -0.25) is 10.00 Å². The van der Waals surface area contributed by atoms with E-state index in [0.717, 1.165) is 6.42 Å². The summed E-state index contributed by atoms with van der Waals surface area (Å²) in [6.07, 6.45) is 2.61. The standard InChI is InChI=1S/C15H20N4O2/c1-21-12-11-19-10-8-14(18-19)17-15(20)16-9-7-13-5-3-2-4-6-13/h2-6,8,10H,7,9,11-12H2,1H3,(H2,16,17,18,20). The Balaban J connectivity index is 1.70. The third-order valence-electron chi connectivity index (χ3n) is 2.95. The van der Waals surface area contributed by atoms with Crippen LogP contribution in [0.5, 0.6) is 0 Å². The quantitative estimate of drug-likeness (QED) is 0.817. The molecule has 0 saturated heterocycles. The maximum absolute atomic E-state index is 11.7. The average Bonchev–Trinajstić information content (AvgIpc) is 2.93. The molecule has 0 saturated carbocycles. The van der Waals surface area contributed by atoms with Crippen molar-refractivity contribution in [1.82, 2.24) is 15.1 Å². The summed E-state index contributed by atoms with van der Waals surface area (Å²) in [4.78, 5) is 11.7. The molecule has 1 aromatic heterocycles. The van der Waals surface area contributed by atoms with Crippen LogP contribution < -0.4 is 10.6 Å². The molecular formula is C15H20N4O2. The van der Waals surface area contributed by atoms with E-state index in [4.69, 9.17) is 4.74 Å². The Morgan fingerprint density at radius 1 is 1.29 bits per heavy atom. The van der Waals surface area contributed by atoms with Crippen molar-refractivity contribution in [2.45, 2.75) is 13.0 Å². The van der Waals surface area contributed by atoms with Gasteiger partial charge in [0.2, 0.25) is 0 Å². The first kappa shape index (κ1) is 15.1. The summed E-state index contributed by atoms with van der Waals surface area (Å²) < 4.78 is 6.70. The van der Waals surface area contributed by atoms with Gasteiger partial charge < -0.3 is 10.1 Å². The molecule has 0 aliphatic carbocycles.